The van der Waals surface area contributed by atoms with E-state index in [1.807, 2.05) is 0 Å². The van der Waals surface area contributed by atoms with E-state index in [-0.39, 0.29) is 11.7 Å². The van der Waals surface area contributed by atoms with Gasteiger partial charge in [0.1, 0.15) is 17.1 Å². The summed E-state index contributed by atoms with van der Waals surface area (Å²) in [7, 11) is 0. The summed E-state index contributed by atoms with van der Waals surface area (Å²) < 4.78 is 11.0. The lowest BCUT2D eigenvalue weighted by Gasteiger charge is -2.29. The molecule has 0 bridgehead atoms. The number of benzene rings is 2. The van der Waals surface area contributed by atoms with E-state index in [0.717, 1.165) is 11.1 Å². The topological polar surface area (TPSA) is 59.7 Å². The van der Waals surface area contributed by atoms with Crippen LogP contribution in [0.4, 0.5) is 0 Å². The highest BCUT2D eigenvalue weighted by Gasteiger charge is 2.29. The molecule has 5 heteroatoms. The summed E-state index contributed by atoms with van der Waals surface area (Å²) in [4.78, 5) is 11.4. The number of halogens is 1. The fourth-order valence-corrected chi connectivity index (χ4v) is 3.30. The van der Waals surface area contributed by atoms with Gasteiger partial charge in [-0.05, 0) is 42.0 Å². The van der Waals surface area contributed by atoms with Gasteiger partial charge in [-0.25, -0.2) is 4.79 Å². The lowest BCUT2D eigenvalue weighted by molar-refractivity contribution is 0.295. The van der Waals surface area contributed by atoms with Gasteiger partial charge in [0, 0.05) is 33.5 Å². The van der Waals surface area contributed by atoms with Crippen molar-refractivity contribution in [3.05, 3.63) is 75.6 Å². The average molecular weight is 341 g/mol. The molecule has 3 aromatic rings. The van der Waals surface area contributed by atoms with Gasteiger partial charge in [-0.3, -0.25) is 0 Å². The van der Waals surface area contributed by atoms with Crippen LogP contribution in [-0.2, 0) is 0 Å². The zero-order chi connectivity index (χ0) is 16.8. The minimum absolute atomic E-state index is 0.108. The van der Waals surface area contributed by atoms with Crippen molar-refractivity contribution < 1.29 is 14.3 Å². The third-order valence-electron chi connectivity index (χ3n) is 4.28. The summed E-state index contributed by atoms with van der Waals surface area (Å²) >= 11 is 6.08. The van der Waals surface area contributed by atoms with E-state index in [0.29, 0.717) is 33.9 Å². The Morgan fingerprint density at radius 3 is 2.83 bits per heavy atom. The molecule has 0 saturated carbocycles. The van der Waals surface area contributed by atoms with E-state index in [2.05, 4.69) is 6.58 Å². The second-order valence-corrected chi connectivity index (χ2v) is 6.13. The van der Waals surface area contributed by atoms with Crippen molar-refractivity contribution in [2.75, 3.05) is 6.61 Å². The van der Waals surface area contributed by atoms with Gasteiger partial charge in [0.25, 0.3) is 0 Å². The molecule has 0 amide bonds. The second kappa shape index (κ2) is 5.42. The average Bonchev–Trinajstić information content (AvgIpc) is 2.57. The summed E-state index contributed by atoms with van der Waals surface area (Å²) in [5.74, 6) is 0.552. The van der Waals surface area contributed by atoms with E-state index in [4.69, 9.17) is 20.8 Å². The SMILES string of the molecule is C=C1c2cc(Cl)ccc2OCC1c1c(O)ccc2oc(=O)ccc12. The van der Waals surface area contributed by atoms with Crippen LogP contribution < -0.4 is 10.4 Å². The highest BCUT2D eigenvalue weighted by Crippen LogP contribution is 2.45. The molecule has 24 heavy (non-hydrogen) atoms. The van der Waals surface area contributed by atoms with E-state index < -0.39 is 5.63 Å². The zero-order valence-corrected chi connectivity index (χ0v) is 13.3. The fourth-order valence-electron chi connectivity index (χ4n) is 3.12. The van der Waals surface area contributed by atoms with Crippen LogP contribution in [0, 0.1) is 0 Å². The number of rotatable bonds is 1. The normalized spacial score (nSPS) is 16.7. The van der Waals surface area contributed by atoms with Gasteiger partial charge in [-0.1, -0.05) is 18.2 Å². The summed E-state index contributed by atoms with van der Waals surface area (Å²) in [6, 6.07) is 11.4. The fraction of sp³-hybridized carbons (Fsp3) is 0.105. The van der Waals surface area contributed by atoms with Crippen LogP contribution in [0.25, 0.3) is 16.5 Å². The monoisotopic (exact) mass is 340 g/mol. The van der Waals surface area contributed by atoms with E-state index in [9.17, 15) is 9.90 Å². The van der Waals surface area contributed by atoms with Gasteiger partial charge in [0.05, 0.1) is 6.61 Å². The van der Waals surface area contributed by atoms with E-state index in [1.165, 1.54) is 12.1 Å². The molecule has 1 aliphatic rings. The Morgan fingerprint density at radius 1 is 1.17 bits per heavy atom. The number of hydrogen-bond acceptors (Lipinski definition) is 4. The number of hydrogen-bond donors (Lipinski definition) is 1. The summed E-state index contributed by atoms with van der Waals surface area (Å²) in [6.45, 7) is 4.51. The first kappa shape index (κ1) is 14.8. The Balaban J connectivity index is 1.91. The van der Waals surface area contributed by atoms with Gasteiger partial charge >= 0.3 is 5.63 Å². The molecule has 1 atom stereocenters. The molecule has 1 unspecified atom stereocenters. The molecular formula is C19H13ClO4. The van der Waals surface area contributed by atoms with Crippen molar-refractivity contribution in [3.8, 4) is 11.5 Å². The Morgan fingerprint density at radius 2 is 2.00 bits per heavy atom. The largest absolute Gasteiger partial charge is 0.508 e. The van der Waals surface area contributed by atoms with Crippen molar-refractivity contribution in [2.45, 2.75) is 5.92 Å². The van der Waals surface area contributed by atoms with Gasteiger partial charge in [0.15, 0.2) is 0 Å². The maximum atomic E-state index is 11.4. The minimum Gasteiger partial charge on any atom is -0.508 e. The third kappa shape index (κ3) is 2.27. The summed E-state index contributed by atoms with van der Waals surface area (Å²) in [6.07, 6.45) is 0. The Labute approximate surface area is 142 Å². The van der Waals surface area contributed by atoms with Gasteiger partial charge < -0.3 is 14.3 Å². The van der Waals surface area contributed by atoms with Crippen LogP contribution in [0.5, 0.6) is 11.5 Å². The minimum atomic E-state index is -0.435. The molecule has 0 radical (unpaired) electrons. The van der Waals surface area contributed by atoms with Gasteiger partial charge in [-0.15, -0.1) is 0 Å². The molecule has 4 nitrogen and oxygen atoms in total. The second-order valence-electron chi connectivity index (χ2n) is 5.69. The molecule has 1 aliphatic heterocycles. The van der Waals surface area contributed by atoms with Gasteiger partial charge in [0.2, 0.25) is 0 Å². The standard InChI is InChI=1S/C19H13ClO4/c1-10-13-8-11(20)2-5-16(13)23-9-14(10)19-12-3-7-18(22)24-17(12)6-4-15(19)21/h2-8,14,21H,1,9H2. The summed E-state index contributed by atoms with van der Waals surface area (Å²) in [5, 5.41) is 11.7. The van der Waals surface area contributed by atoms with Gasteiger partial charge in [-0.2, -0.15) is 0 Å². The van der Waals surface area contributed by atoms with Crippen molar-refractivity contribution in [1.29, 1.82) is 0 Å². The molecule has 2 aromatic carbocycles. The zero-order valence-electron chi connectivity index (χ0n) is 12.6. The van der Waals surface area contributed by atoms with Crippen LogP contribution in [0.3, 0.4) is 0 Å². The Bertz CT molecular complexity index is 1040. The predicted molar refractivity (Wildman–Crippen MR) is 92.9 cm³/mol. The lowest BCUT2D eigenvalue weighted by atomic mass is 9.84. The molecule has 1 N–H and O–H groups in total. The summed E-state index contributed by atoms with van der Waals surface area (Å²) in [5.41, 5.74) is 2.22. The molecule has 1 aromatic heterocycles. The lowest BCUT2D eigenvalue weighted by Crippen LogP contribution is -2.18. The number of phenolic OH excluding ortho intramolecular Hbond substituents is 1. The van der Waals surface area contributed by atoms with Crippen molar-refractivity contribution in [1.82, 2.24) is 0 Å². The van der Waals surface area contributed by atoms with E-state index >= 15 is 0 Å². The number of ether oxygens (including phenoxy) is 1. The molecule has 2 heterocycles. The van der Waals surface area contributed by atoms with Crippen LogP contribution in [0.1, 0.15) is 17.0 Å². The van der Waals surface area contributed by atoms with Crippen molar-refractivity contribution in [2.24, 2.45) is 0 Å². The molecule has 0 fully saturated rings. The first-order chi connectivity index (χ1) is 11.5. The molecule has 0 aliphatic carbocycles. The highest BCUT2D eigenvalue weighted by atomic mass is 35.5. The first-order valence-electron chi connectivity index (χ1n) is 7.42. The number of fused-ring (bicyclic) bond motifs is 2. The molecule has 0 saturated heterocycles. The van der Waals surface area contributed by atoms with Crippen LogP contribution in [-0.4, -0.2) is 11.7 Å². The quantitative estimate of drug-likeness (QED) is 0.669. The maximum absolute atomic E-state index is 11.4. The number of aromatic hydroxyl groups is 1. The van der Waals surface area contributed by atoms with Crippen molar-refractivity contribution in [3.63, 3.8) is 0 Å². The Hall–Kier alpha value is -2.72. The first-order valence-corrected chi connectivity index (χ1v) is 7.79. The van der Waals surface area contributed by atoms with Crippen LogP contribution >= 0.6 is 11.6 Å². The highest BCUT2D eigenvalue weighted by molar-refractivity contribution is 6.30. The van der Waals surface area contributed by atoms with Crippen molar-refractivity contribution >= 4 is 28.1 Å². The molecular weight excluding hydrogens is 328 g/mol. The Kier molecular flexibility index (Phi) is 3.36. The van der Waals surface area contributed by atoms with E-state index in [1.54, 1.807) is 30.3 Å². The smallest absolute Gasteiger partial charge is 0.336 e. The number of phenols is 1. The molecule has 0 spiro atoms. The van der Waals surface area contributed by atoms with Crippen LogP contribution in [0.15, 0.2) is 58.3 Å². The van der Waals surface area contributed by atoms with Crippen LogP contribution in [0.2, 0.25) is 5.02 Å². The molecule has 4 rings (SSSR count). The third-order valence-corrected chi connectivity index (χ3v) is 4.52. The maximum Gasteiger partial charge on any atom is 0.336 e. The predicted octanol–water partition coefficient (Wildman–Crippen LogP) is 4.34. The molecule has 120 valence electrons.